The molecule has 2 heterocycles. The zero-order valence-corrected chi connectivity index (χ0v) is 13.0. The molecule has 1 aromatic carbocycles. The molecule has 0 saturated carbocycles. The number of rotatable bonds is 4. The Kier molecular flexibility index (Phi) is 3.83. The molecule has 2 aromatic heterocycles. The fourth-order valence-corrected chi connectivity index (χ4v) is 3.44. The highest BCUT2D eigenvalue weighted by Crippen LogP contribution is 2.34. The second-order valence-electron chi connectivity index (χ2n) is 4.99. The quantitative estimate of drug-likeness (QED) is 0.765. The maximum atomic E-state index is 11.9. The van der Waals surface area contributed by atoms with Crippen molar-refractivity contribution in [3.8, 4) is 0 Å². The third-order valence-corrected chi connectivity index (χ3v) is 4.30. The van der Waals surface area contributed by atoms with E-state index < -0.39 is 11.9 Å². The summed E-state index contributed by atoms with van der Waals surface area (Å²) in [5, 5.41) is 12.4. The normalized spacial score (nSPS) is 11.0. The summed E-state index contributed by atoms with van der Waals surface area (Å²) in [5.74, 6) is -1.58. The SMILES string of the molecule is CC(=O)n1c2ccccc2c2nc(NC(=O)CCC(=O)O)sc21. The number of benzene rings is 1. The van der Waals surface area contributed by atoms with E-state index in [2.05, 4.69) is 10.3 Å². The first-order valence-corrected chi connectivity index (χ1v) is 7.71. The van der Waals surface area contributed by atoms with Crippen LogP contribution in [0.5, 0.6) is 0 Å². The van der Waals surface area contributed by atoms with Crippen LogP contribution in [0.1, 0.15) is 24.6 Å². The van der Waals surface area contributed by atoms with E-state index in [1.54, 1.807) is 4.57 Å². The van der Waals surface area contributed by atoms with Crippen molar-refractivity contribution in [2.24, 2.45) is 0 Å². The van der Waals surface area contributed by atoms with Crippen LogP contribution in [0.3, 0.4) is 0 Å². The summed E-state index contributed by atoms with van der Waals surface area (Å²) in [6, 6.07) is 7.42. The molecule has 0 radical (unpaired) electrons. The van der Waals surface area contributed by atoms with Gasteiger partial charge in [0.1, 0.15) is 10.3 Å². The van der Waals surface area contributed by atoms with Crippen molar-refractivity contribution >= 4 is 55.5 Å². The highest BCUT2D eigenvalue weighted by atomic mass is 32.1. The highest BCUT2D eigenvalue weighted by Gasteiger charge is 2.18. The minimum atomic E-state index is -1.03. The molecular weight excluding hydrogens is 318 g/mol. The maximum absolute atomic E-state index is 11.9. The monoisotopic (exact) mass is 331 g/mol. The van der Waals surface area contributed by atoms with Gasteiger partial charge in [-0.3, -0.25) is 19.0 Å². The number of hydrogen-bond acceptors (Lipinski definition) is 5. The molecule has 1 amide bonds. The Labute approximate surface area is 134 Å². The second kappa shape index (κ2) is 5.81. The molecule has 7 nitrogen and oxygen atoms in total. The van der Waals surface area contributed by atoms with E-state index >= 15 is 0 Å². The van der Waals surface area contributed by atoms with Gasteiger partial charge < -0.3 is 10.4 Å². The van der Waals surface area contributed by atoms with Gasteiger partial charge in [0.05, 0.1) is 11.9 Å². The third-order valence-electron chi connectivity index (χ3n) is 3.34. The molecule has 0 spiro atoms. The van der Waals surface area contributed by atoms with E-state index in [1.165, 1.54) is 18.3 Å². The minimum Gasteiger partial charge on any atom is -0.481 e. The summed E-state index contributed by atoms with van der Waals surface area (Å²) < 4.78 is 1.56. The molecule has 3 aromatic rings. The standard InChI is InChI=1S/C15H13N3O4S/c1-8(19)18-10-5-3-2-4-9(10)13-14(18)23-15(17-13)16-11(20)6-7-12(21)22/h2-5H,6-7H2,1H3,(H,21,22)(H,16,17,20). The number of nitrogens with zero attached hydrogens (tertiary/aromatic N) is 2. The van der Waals surface area contributed by atoms with Crippen molar-refractivity contribution in [2.45, 2.75) is 19.8 Å². The lowest BCUT2D eigenvalue weighted by molar-refractivity contribution is -0.138. The fourth-order valence-electron chi connectivity index (χ4n) is 2.39. The number of aliphatic carboxylic acids is 1. The molecule has 23 heavy (non-hydrogen) atoms. The summed E-state index contributed by atoms with van der Waals surface area (Å²) >= 11 is 1.19. The summed E-state index contributed by atoms with van der Waals surface area (Å²) in [6.45, 7) is 1.47. The zero-order chi connectivity index (χ0) is 16.6. The molecule has 0 aliphatic carbocycles. The molecule has 8 heteroatoms. The molecule has 118 valence electrons. The van der Waals surface area contributed by atoms with Gasteiger partial charge in [-0.05, 0) is 6.07 Å². The van der Waals surface area contributed by atoms with Gasteiger partial charge in [-0.2, -0.15) is 0 Å². The van der Waals surface area contributed by atoms with Gasteiger partial charge in [0.2, 0.25) is 11.8 Å². The lowest BCUT2D eigenvalue weighted by Crippen LogP contribution is -2.12. The van der Waals surface area contributed by atoms with Gasteiger partial charge in [-0.15, -0.1) is 0 Å². The Balaban J connectivity index is 1.99. The number of anilines is 1. The van der Waals surface area contributed by atoms with Gasteiger partial charge in [0, 0.05) is 18.7 Å². The van der Waals surface area contributed by atoms with Gasteiger partial charge in [-0.25, -0.2) is 4.98 Å². The number of fused-ring (bicyclic) bond motifs is 3. The molecule has 3 rings (SSSR count). The fraction of sp³-hybridized carbons (Fsp3) is 0.200. The van der Waals surface area contributed by atoms with Crippen LogP contribution < -0.4 is 5.32 Å². The molecule has 2 N–H and O–H groups in total. The number of amides is 1. The number of thiazole rings is 1. The lowest BCUT2D eigenvalue weighted by Gasteiger charge is -2.01. The number of carboxylic acid groups (broad SMARTS) is 1. The Morgan fingerprint density at radius 2 is 2.00 bits per heavy atom. The second-order valence-corrected chi connectivity index (χ2v) is 5.96. The first-order chi connectivity index (χ1) is 11.0. The van der Waals surface area contributed by atoms with Crippen LogP contribution in [-0.4, -0.2) is 32.4 Å². The number of aromatic nitrogens is 2. The maximum Gasteiger partial charge on any atom is 0.303 e. The van der Waals surface area contributed by atoms with E-state index in [1.807, 2.05) is 24.3 Å². The lowest BCUT2D eigenvalue weighted by atomic mass is 10.2. The predicted octanol–water partition coefficient (Wildman–Crippen LogP) is 2.71. The van der Waals surface area contributed by atoms with Crippen molar-refractivity contribution in [1.29, 1.82) is 0 Å². The molecule has 0 unspecified atom stereocenters. The average Bonchev–Trinajstić information content (AvgIpc) is 3.00. The molecule has 0 fully saturated rings. The Bertz CT molecular complexity index is 941. The summed E-state index contributed by atoms with van der Waals surface area (Å²) in [6.07, 6.45) is -0.355. The molecular formula is C15H13N3O4S. The van der Waals surface area contributed by atoms with Gasteiger partial charge in [0.25, 0.3) is 0 Å². The number of carbonyl (C=O) groups is 3. The first kappa shape index (κ1) is 15.2. The smallest absolute Gasteiger partial charge is 0.303 e. The van der Waals surface area contributed by atoms with Crippen LogP contribution in [0.4, 0.5) is 5.13 Å². The van der Waals surface area contributed by atoms with E-state index in [0.717, 1.165) is 10.9 Å². The number of para-hydroxylation sites is 1. The van der Waals surface area contributed by atoms with Crippen molar-refractivity contribution < 1.29 is 19.5 Å². The number of nitrogens with one attached hydrogen (secondary N) is 1. The molecule has 0 aliphatic heterocycles. The molecule has 0 aliphatic rings. The van der Waals surface area contributed by atoms with Gasteiger partial charge in [-0.1, -0.05) is 29.5 Å². The summed E-state index contributed by atoms with van der Waals surface area (Å²) in [4.78, 5) is 39.2. The van der Waals surface area contributed by atoms with E-state index in [0.29, 0.717) is 15.5 Å². The first-order valence-electron chi connectivity index (χ1n) is 6.90. The Morgan fingerprint density at radius 3 is 2.70 bits per heavy atom. The van der Waals surface area contributed by atoms with Crippen LogP contribution in [0.2, 0.25) is 0 Å². The Morgan fingerprint density at radius 1 is 1.26 bits per heavy atom. The summed E-state index contributed by atoms with van der Waals surface area (Å²) in [7, 11) is 0. The molecule has 0 saturated heterocycles. The number of carboxylic acids is 1. The minimum absolute atomic E-state index is 0.118. The highest BCUT2D eigenvalue weighted by molar-refractivity contribution is 7.22. The molecule has 0 atom stereocenters. The molecule has 0 bridgehead atoms. The number of hydrogen-bond donors (Lipinski definition) is 2. The van der Waals surface area contributed by atoms with Crippen LogP contribution in [-0.2, 0) is 9.59 Å². The summed E-state index contributed by atoms with van der Waals surface area (Å²) in [5.41, 5.74) is 1.42. The largest absolute Gasteiger partial charge is 0.481 e. The Hall–Kier alpha value is -2.74. The van der Waals surface area contributed by atoms with Crippen LogP contribution in [0, 0.1) is 0 Å². The third kappa shape index (κ3) is 2.80. The van der Waals surface area contributed by atoms with Crippen molar-refractivity contribution in [3.63, 3.8) is 0 Å². The predicted molar refractivity (Wildman–Crippen MR) is 86.9 cm³/mol. The van der Waals surface area contributed by atoms with Gasteiger partial charge >= 0.3 is 5.97 Å². The van der Waals surface area contributed by atoms with E-state index in [9.17, 15) is 14.4 Å². The zero-order valence-electron chi connectivity index (χ0n) is 12.2. The van der Waals surface area contributed by atoms with Crippen LogP contribution in [0.15, 0.2) is 24.3 Å². The van der Waals surface area contributed by atoms with Crippen molar-refractivity contribution in [3.05, 3.63) is 24.3 Å². The van der Waals surface area contributed by atoms with E-state index in [4.69, 9.17) is 5.11 Å². The van der Waals surface area contributed by atoms with Crippen molar-refractivity contribution in [1.82, 2.24) is 9.55 Å². The van der Waals surface area contributed by atoms with Crippen LogP contribution in [0.25, 0.3) is 21.3 Å². The topological polar surface area (TPSA) is 101 Å². The number of carbonyl (C=O) groups excluding carboxylic acids is 2. The van der Waals surface area contributed by atoms with Gasteiger partial charge in [0.15, 0.2) is 5.13 Å². The van der Waals surface area contributed by atoms with E-state index in [-0.39, 0.29) is 18.7 Å². The average molecular weight is 331 g/mol. The van der Waals surface area contributed by atoms with Crippen LogP contribution >= 0.6 is 11.3 Å². The van der Waals surface area contributed by atoms with Crippen molar-refractivity contribution in [2.75, 3.05) is 5.32 Å².